The molecule has 2 aromatic heterocycles. The monoisotopic (exact) mass is 286 g/mol. The Morgan fingerprint density at radius 3 is 3.00 bits per heavy atom. The predicted molar refractivity (Wildman–Crippen MR) is 61.0 cm³/mol. The lowest BCUT2D eigenvalue weighted by Gasteiger charge is -1.97. The highest BCUT2D eigenvalue weighted by atomic mass is 79.9. The van der Waals surface area contributed by atoms with Crippen molar-refractivity contribution in [2.45, 2.75) is 0 Å². The van der Waals surface area contributed by atoms with Gasteiger partial charge in [0.1, 0.15) is 5.69 Å². The van der Waals surface area contributed by atoms with Gasteiger partial charge in [-0.15, -0.1) is 11.3 Å². The summed E-state index contributed by atoms with van der Waals surface area (Å²) in [6.07, 6.45) is 1.76. The zero-order valence-electron chi connectivity index (χ0n) is 7.77. The first-order chi connectivity index (χ1) is 7.15. The van der Waals surface area contributed by atoms with E-state index in [1.165, 1.54) is 11.3 Å². The Morgan fingerprint density at radius 2 is 2.47 bits per heavy atom. The zero-order valence-corrected chi connectivity index (χ0v) is 10.2. The van der Waals surface area contributed by atoms with Crippen LogP contribution in [0.1, 0.15) is 10.5 Å². The van der Waals surface area contributed by atoms with Gasteiger partial charge in [0.25, 0.3) is 5.91 Å². The second-order valence-electron chi connectivity index (χ2n) is 2.81. The summed E-state index contributed by atoms with van der Waals surface area (Å²) >= 11 is 4.57. The number of carbonyl (C=O) groups is 1. The maximum atomic E-state index is 11.6. The van der Waals surface area contributed by atoms with Gasteiger partial charge in [0.2, 0.25) is 0 Å². The standard InChI is InChI=1S/C8H7BrN4OS/c1-13-3-2-6(12-13)11-7(14)5-4-15-8(9)10-5/h2-4H,1H3,(H,11,12,14). The Bertz CT molecular complexity index is 492. The Hall–Kier alpha value is -1.21. The van der Waals surface area contributed by atoms with Crippen LogP contribution in [0.25, 0.3) is 0 Å². The summed E-state index contributed by atoms with van der Waals surface area (Å²) < 4.78 is 2.31. The van der Waals surface area contributed by atoms with Crippen LogP contribution in [0, 0.1) is 0 Å². The molecule has 0 unspecified atom stereocenters. The van der Waals surface area contributed by atoms with E-state index in [9.17, 15) is 4.79 Å². The molecule has 0 aromatic carbocycles. The maximum Gasteiger partial charge on any atom is 0.276 e. The lowest BCUT2D eigenvalue weighted by atomic mass is 10.4. The molecule has 1 amide bonds. The summed E-state index contributed by atoms with van der Waals surface area (Å²) in [6.45, 7) is 0. The third-order valence-electron chi connectivity index (χ3n) is 1.66. The topological polar surface area (TPSA) is 59.8 Å². The number of rotatable bonds is 2. The van der Waals surface area contributed by atoms with Crippen LogP contribution in [0.4, 0.5) is 5.82 Å². The summed E-state index contributed by atoms with van der Waals surface area (Å²) in [7, 11) is 1.79. The first kappa shape index (κ1) is 10.3. The highest BCUT2D eigenvalue weighted by Crippen LogP contribution is 2.16. The van der Waals surface area contributed by atoms with E-state index in [1.54, 1.807) is 29.4 Å². The second kappa shape index (κ2) is 4.11. The molecule has 0 aliphatic rings. The van der Waals surface area contributed by atoms with E-state index in [4.69, 9.17) is 0 Å². The van der Waals surface area contributed by atoms with Crippen molar-refractivity contribution in [3.63, 3.8) is 0 Å². The van der Waals surface area contributed by atoms with Gasteiger partial charge in [0.15, 0.2) is 9.73 Å². The van der Waals surface area contributed by atoms with Crippen LogP contribution in [0.3, 0.4) is 0 Å². The summed E-state index contributed by atoms with van der Waals surface area (Å²) in [5.74, 6) is 0.266. The second-order valence-corrected chi connectivity index (χ2v) is 4.95. The molecule has 0 fully saturated rings. The van der Waals surface area contributed by atoms with Crippen molar-refractivity contribution < 1.29 is 4.79 Å². The largest absolute Gasteiger partial charge is 0.304 e. The summed E-state index contributed by atoms with van der Waals surface area (Å²) in [5, 5.41) is 8.36. The summed E-state index contributed by atoms with van der Waals surface area (Å²) in [5.41, 5.74) is 0.387. The molecule has 2 rings (SSSR count). The molecule has 2 aromatic rings. The number of halogens is 1. The minimum atomic E-state index is -0.254. The van der Waals surface area contributed by atoms with Crippen molar-refractivity contribution in [3.05, 3.63) is 27.3 Å². The Kier molecular flexibility index (Phi) is 2.83. The number of amides is 1. The quantitative estimate of drug-likeness (QED) is 0.917. The van der Waals surface area contributed by atoms with Gasteiger partial charge in [-0.1, -0.05) is 0 Å². The fourth-order valence-electron chi connectivity index (χ4n) is 1.02. The van der Waals surface area contributed by atoms with Gasteiger partial charge in [0.05, 0.1) is 0 Å². The number of thiazole rings is 1. The van der Waals surface area contributed by atoms with Crippen LogP contribution in [0.5, 0.6) is 0 Å². The third-order valence-corrected chi connectivity index (χ3v) is 3.03. The molecular formula is C8H7BrN4OS. The van der Waals surface area contributed by atoms with Crippen molar-refractivity contribution in [1.29, 1.82) is 0 Å². The molecule has 78 valence electrons. The van der Waals surface area contributed by atoms with E-state index in [0.29, 0.717) is 15.4 Å². The summed E-state index contributed by atoms with van der Waals surface area (Å²) in [6, 6.07) is 1.72. The van der Waals surface area contributed by atoms with E-state index in [2.05, 4.69) is 31.3 Å². The Morgan fingerprint density at radius 1 is 1.67 bits per heavy atom. The molecular weight excluding hydrogens is 280 g/mol. The lowest BCUT2D eigenvalue weighted by molar-refractivity contribution is 0.102. The zero-order chi connectivity index (χ0) is 10.8. The van der Waals surface area contributed by atoms with E-state index < -0.39 is 0 Å². The Balaban J connectivity index is 2.10. The fourth-order valence-corrected chi connectivity index (χ4v) is 2.01. The fraction of sp³-hybridized carbons (Fsp3) is 0.125. The minimum Gasteiger partial charge on any atom is -0.304 e. The summed E-state index contributed by atoms with van der Waals surface area (Å²) in [4.78, 5) is 15.6. The van der Waals surface area contributed by atoms with Gasteiger partial charge < -0.3 is 5.32 Å². The molecule has 0 radical (unpaired) electrons. The smallest absolute Gasteiger partial charge is 0.276 e. The van der Waals surface area contributed by atoms with Gasteiger partial charge in [-0.25, -0.2) is 4.98 Å². The number of nitrogens with one attached hydrogen (secondary N) is 1. The van der Waals surface area contributed by atoms with Crippen LogP contribution in [-0.2, 0) is 7.05 Å². The van der Waals surface area contributed by atoms with Crippen LogP contribution >= 0.6 is 27.3 Å². The molecule has 0 atom stereocenters. The molecule has 15 heavy (non-hydrogen) atoms. The van der Waals surface area contributed by atoms with Crippen molar-refractivity contribution in [3.8, 4) is 0 Å². The molecule has 0 saturated carbocycles. The van der Waals surface area contributed by atoms with Gasteiger partial charge in [-0.3, -0.25) is 9.48 Å². The molecule has 0 bridgehead atoms. The molecule has 5 nitrogen and oxygen atoms in total. The molecule has 7 heteroatoms. The molecule has 0 aliphatic carbocycles. The van der Waals surface area contributed by atoms with Gasteiger partial charge in [-0.05, 0) is 15.9 Å². The lowest BCUT2D eigenvalue weighted by Crippen LogP contribution is -2.12. The molecule has 0 saturated heterocycles. The maximum absolute atomic E-state index is 11.6. The first-order valence-corrected chi connectivity index (χ1v) is 5.74. The number of anilines is 1. The highest BCUT2D eigenvalue weighted by molar-refractivity contribution is 9.11. The SMILES string of the molecule is Cn1ccc(NC(=O)c2csc(Br)n2)n1. The van der Waals surface area contributed by atoms with Crippen LogP contribution in [-0.4, -0.2) is 20.7 Å². The van der Waals surface area contributed by atoms with Crippen LogP contribution in [0.15, 0.2) is 21.6 Å². The van der Waals surface area contributed by atoms with Gasteiger partial charge in [0, 0.05) is 24.7 Å². The van der Waals surface area contributed by atoms with E-state index in [1.807, 2.05) is 0 Å². The Labute approximate surface area is 98.3 Å². The molecule has 2 heterocycles. The van der Waals surface area contributed by atoms with Gasteiger partial charge >= 0.3 is 0 Å². The van der Waals surface area contributed by atoms with Gasteiger partial charge in [-0.2, -0.15) is 5.10 Å². The van der Waals surface area contributed by atoms with Crippen molar-refractivity contribution in [1.82, 2.24) is 14.8 Å². The van der Waals surface area contributed by atoms with E-state index in [0.717, 1.165) is 0 Å². The average molecular weight is 287 g/mol. The molecule has 1 N–H and O–H groups in total. The number of aryl methyl sites for hydroxylation is 1. The number of nitrogens with zero attached hydrogens (tertiary/aromatic N) is 3. The van der Waals surface area contributed by atoms with Crippen LogP contribution in [0.2, 0.25) is 0 Å². The number of hydrogen-bond acceptors (Lipinski definition) is 4. The average Bonchev–Trinajstić information content (AvgIpc) is 2.75. The highest BCUT2D eigenvalue weighted by Gasteiger charge is 2.10. The number of aromatic nitrogens is 3. The van der Waals surface area contributed by atoms with Crippen molar-refractivity contribution in [2.75, 3.05) is 5.32 Å². The molecule has 0 spiro atoms. The van der Waals surface area contributed by atoms with E-state index in [-0.39, 0.29) is 5.91 Å². The number of hydrogen-bond donors (Lipinski definition) is 1. The van der Waals surface area contributed by atoms with Crippen molar-refractivity contribution in [2.24, 2.45) is 7.05 Å². The van der Waals surface area contributed by atoms with E-state index >= 15 is 0 Å². The third kappa shape index (κ3) is 2.42. The normalized spacial score (nSPS) is 10.3. The molecule has 0 aliphatic heterocycles. The van der Waals surface area contributed by atoms with Crippen LogP contribution < -0.4 is 5.32 Å². The number of carbonyl (C=O) groups excluding carboxylic acids is 1. The van der Waals surface area contributed by atoms with Crippen molar-refractivity contribution >= 4 is 39.0 Å². The predicted octanol–water partition coefficient (Wildman–Crippen LogP) is 1.89. The minimum absolute atomic E-state index is 0.254. The first-order valence-electron chi connectivity index (χ1n) is 4.07.